The number of amides is 2. The Morgan fingerprint density at radius 3 is 2.34 bits per heavy atom. The molecule has 0 spiro atoms. The number of aliphatic hydroxyl groups is 1. The Bertz CT molecular complexity index is 3350. The van der Waals surface area contributed by atoms with Gasteiger partial charge in [-0.05, 0) is 119 Å². The molecule has 3 aliphatic heterocycles. The first-order valence-electron chi connectivity index (χ1n) is 25.4. The molecule has 3 aromatic heterocycles. The lowest BCUT2D eigenvalue weighted by Gasteiger charge is -2.48. The van der Waals surface area contributed by atoms with Gasteiger partial charge in [-0.2, -0.15) is 26.3 Å². The van der Waals surface area contributed by atoms with Gasteiger partial charge in [0, 0.05) is 105 Å². The van der Waals surface area contributed by atoms with Crippen molar-refractivity contribution in [1.29, 1.82) is 0 Å². The maximum atomic E-state index is 14.4. The molecule has 3 N–H and O–H groups in total. The van der Waals surface area contributed by atoms with Crippen LogP contribution in [0, 0.1) is 5.41 Å². The van der Waals surface area contributed by atoms with Gasteiger partial charge < -0.3 is 34.7 Å². The van der Waals surface area contributed by atoms with E-state index in [4.69, 9.17) is 4.98 Å². The van der Waals surface area contributed by atoms with Crippen LogP contribution in [0.1, 0.15) is 87.3 Å². The first kappa shape index (κ1) is 55.0. The van der Waals surface area contributed by atoms with Gasteiger partial charge in [-0.25, -0.2) is 18.4 Å². The summed E-state index contributed by atoms with van der Waals surface area (Å²) in [4.78, 5) is 56.3. The Hall–Kier alpha value is -6.72. The van der Waals surface area contributed by atoms with E-state index in [9.17, 15) is 54.3 Å². The number of pyridine rings is 1. The first-order valence-corrected chi connectivity index (χ1v) is 26.9. The van der Waals surface area contributed by atoms with Gasteiger partial charge in [0.1, 0.15) is 11.5 Å². The predicted octanol–water partition coefficient (Wildman–Crippen LogP) is 8.49. The number of halogens is 6. The zero-order valence-electron chi connectivity index (χ0n) is 43.8. The van der Waals surface area contributed by atoms with E-state index in [0.717, 1.165) is 25.0 Å². The van der Waals surface area contributed by atoms with Crippen molar-refractivity contribution in [3.63, 3.8) is 0 Å². The Morgan fingerprint density at radius 2 is 1.68 bits per heavy atom. The van der Waals surface area contributed by atoms with Crippen molar-refractivity contribution in [3.8, 4) is 11.3 Å². The molecule has 2 saturated heterocycles. The minimum Gasteiger partial charge on any atom is -0.392 e. The van der Waals surface area contributed by atoms with Crippen LogP contribution >= 0.6 is 0 Å². The average Bonchev–Trinajstić information content (AvgIpc) is 3.89. The Labute approximate surface area is 442 Å². The molecule has 0 bridgehead atoms. The van der Waals surface area contributed by atoms with Crippen LogP contribution in [-0.4, -0.2) is 111 Å². The summed E-state index contributed by atoms with van der Waals surface area (Å²) in [5.74, 6) is -0.451. The third-order valence-corrected chi connectivity index (χ3v) is 18.2. The van der Waals surface area contributed by atoms with Gasteiger partial charge in [0.2, 0.25) is 5.91 Å². The van der Waals surface area contributed by atoms with Crippen LogP contribution in [0.15, 0.2) is 83.3 Å². The van der Waals surface area contributed by atoms with Gasteiger partial charge in [-0.3, -0.25) is 24.2 Å². The lowest BCUT2D eigenvalue weighted by Crippen LogP contribution is -2.58. The number of piperazine rings is 1. The Balaban J connectivity index is 0.907. The quantitative estimate of drug-likeness (QED) is 0.0803. The topological polar surface area (TPSA) is 178 Å². The fraction of sp³-hybridized carbons (Fsp3) is 0.463. The van der Waals surface area contributed by atoms with Crippen molar-refractivity contribution in [2.24, 2.45) is 12.5 Å². The van der Waals surface area contributed by atoms with Crippen molar-refractivity contribution >= 4 is 56.0 Å². The number of nitrogens with zero attached hydrogens (tertiary/aromatic N) is 8. The molecule has 77 heavy (non-hydrogen) atoms. The summed E-state index contributed by atoms with van der Waals surface area (Å²) in [7, 11) is -3.94. The van der Waals surface area contributed by atoms with Crippen molar-refractivity contribution in [2.75, 3.05) is 58.1 Å². The van der Waals surface area contributed by atoms with Crippen LogP contribution in [0.3, 0.4) is 0 Å². The van der Waals surface area contributed by atoms with Crippen LogP contribution in [0.4, 0.5) is 60.7 Å². The normalized spacial score (nSPS) is 20.3. The molecule has 5 aromatic rings. The maximum absolute atomic E-state index is 14.4. The molecular formula is C54H62F6N10O6S. The van der Waals surface area contributed by atoms with Crippen LogP contribution in [0.2, 0.25) is 0 Å². The van der Waals surface area contributed by atoms with Gasteiger partial charge in [0.05, 0.1) is 34.1 Å². The summed E-state index contributed by atoms with van der Waals surface area (Å²) in [6.07, 6.45) is -3.54. The molecule has 0 radical (unpaired) electrons. The van der Waals surface area contributed by atoms with Crippen LogP contribution in [0.25, 0.3) is 11.3 Å². The number of aromatic nitrogens is 4. The van der Waals surface area contributed by atoms with E-state index in [0.29, 0.717) is 123 Å². The first-order chi connectivity index (χ1) is 36.0. The molecule has 1 unspecified atom stereocenters. The number of alkyl halides is 6. The number of aliphatic hydroxyl groups excluding tert-OH is 1. The van der Waals surface area contributed by atoms with Crippen LogP contribution in [-0.2, 0) is 53.8 Å². The highest BCUT2D eigenvalue weighted by atomic mass is 32.2. The number of rotatable bonds is 12. The summed E-state index contributed by atoms with van der Waals surface area (Å²) in [5.41, 5.74) is 3.67. The number of nitrogens with one attached hydrogen (secondary N) is 2. The van der Waals surface area contributed by atoms with Gasteiger partial charge in [0.25, 0.3) is 11.5 Å². The van der Waals surface area contributed by atoms with Crippen molar-refractivity contribution in [2.45, 2.75) is 120 Å². The standard InChI is InChI=1S/C54H62F6N10O6S/c1-9-46(72)63-40-24-34(62-47-50(74)65(8)29-41(64-47)37-14-16-61-48(38(37)30-71)70-21-20-69-43(49(70)73)23-33-26-51(4,5)27-44(33)69)10-12-42(40)68-19-18-66(28-32(68)3)35-15-17-67(31(2)22-35)36-11-13-45(39(25-36)53(55,56)57)77(75,76)52(6,7)54(58,59)60/h9-14,16,23-25,29,31-32,35,71H,1,15,17-22,26-28,30H2,2-8H3,(H,62,64)(H,63,72)/t31-,32+,35?/m1/s1. The number of fused-ring (bicyclic) bond motifs is 3. The number of hydrogen-bond acceptors (Lipinski definition) is 12. The summed E-state index contributed by atoms with van der Waals surface area (Å²) in [6, 6.07) is 10.9. The molecule has 0 saturated carbocycles. The Morgan fingerprint density at radius 1 is 0.935 bits per heavy atom. The molecule has 9 rings (SSSR count). The zero-order chi connectivity index (χ0) is 55.9. The molecule has 16 nitrogen and oxygen atoms in total. The summed E-state index contributed by atoms with van der Waals surface area (Å²) < 4.78 is 111. The van der Waals surface area contributed by atoms with E-state index in [1.54, 1.807) is 47.4 Å². The van der Waals surface area contributed by atoms with Crippen molar-refractivity contribution in [3.05, 3.63) is 112 Å². The van der Waals surface area contributed by atoms with E-state index in [-0.39, 0.29) is 41.0 Å². The van der Waals surface area contributed by atoms with Gasteiger partial charge in [-0.1, -0.05) is 20.4 Å². The van der Waals surface area contributed by atoms with E-state index in [2.05, 4.69) is 50.4 Å². The molecule has 2 aromatic carbocycles. The number of hydrogen-bond donors (Lipinski definition) is 3. The second kappa shape index (κ2) is 19.9. The third kappa shape index (κ3) is 10.1. The highest BCUT2D eigenvalue weighted by Gasteiger charge is 2.58. The SMILES string of the molecule is C=CC(=O)Nc1cc(Nc2nc(-c3ccnc(N4CCn5c(cc6c5CC(C)(C)C6)C4=O)c3CO)cn(C)c2=O)ccc1N1CCN(C2CCN(c3ccc(S(=O)(=O)C(C)(C)C(F)(F)F)c(C(F)(F)F)c3)[C@H](C)C2)C[C@@H]1C. The molecular weight excluding hydrogens is 1030 g/mol. The second-order valence-electron chi connectivity index (χ2n) is 21.8. The number of sulfone groups is 1. The van der Waals surface area contributed by atoms with E-state index >= 15 is 0 Å². The van der Waals surface area contributed by atoms with Crippen LogP contribution < -0.4 is 30.9 Å². The highest BCUT2D eigenvalue weighted by Crippen LogP contribution is 2.46. The maximum Gasteiger partial charge on any atom is 0.417 e. The van der Waals surface area contributed by atoms with Gasteiger partial charge in [-0.15, -0.1) is 0 Å². The van der Waals surface area contributed by atoms with Crippen molar-refractivity contribution < 1.29 is 49.5 Å². The highest BCUT2D eigenvalue weighted by molar-refractivity contribution is 7.93. The number of carbonyl (C=O) groups excluding carboxylic acids is 2. The zero-order valence-corrected chi connectivity index (χ0v) is 44.6. The van der Waals surface area contributed by atoms with Crippen LogP contribution in [0.5, 0.6) is 0 Å². The monoisotopic (exact) mass is 1090 g/mol. The van der Waals surface area contributed by atoms with E-state index in [1.165, 1.54) is 15.8 Å². The molecule has 1 aliphatic carbocycles. The van der Waals surface area contributed by atoms with Crippen molar-refractivity contribution in [1.82, 2.24) is 24.0 Å². The number of benzene rings is 2. The molecule has 2 amide bonds. The summed E-state index contributed by atoms with van der Waals surface area (Å²) in [5, 5.41) is 16.9. The predicted molar refractivity (Wildman–Crippen MR) is 281 cm³/mol. The largest absolute Gasteiger partial charge is 0.417 e. The summed E-state index contributed by atoms with van der Waals surface area (Å²) >= 11 is 0. The fourth-order valence-corrected chi connectivity index (χ4v) is 13.0. The molecule has 23 heteroatoms. The molecule has 4 aliphatic rings. The number of piperidine rings is 1. The lowest BCUT2D eigenvalue weighted by atomic mass is 9.90. The second-order valence-corrected chi connectivity index (χ2v) is 24.3. The minimum atomic E-state index is -5.51. The summed E-state index contributed by atoms with van der Waals surface area (Å²) in [6.45, 7) is 15.0. The number of carbonyl (C=O) groups is 2. The third-order valence-electron chi connectivity index (χ3n) is 15.7. The molecule has 412 valence electrons. The number of anilines is 6. The lowest BCUT2D eigenvalue weighted by molar-refractivity contribution is -0.153. The molecule has 3 atom stereocenters. The Kier molecular flexibility index (Phi) is 14.3. The minimum absolute atomic E-state index is 0.0127. The fourth-order valence-electron chi connectivity index (χ4n) is 11.4. The molecule has 6 heterocycles. The van der Waals surface area contributed by atoms with E-state index in [1.807, 2.05) is 26.0 Å². The number of aryl methyl sites for hydroxylation is 1. The van der Waals surface area contributed by atoms with Gasteiger partial charge in [0.15, 0.2) is 20.4 Å². The average molecular weight is 1090 g/mol. The van der Waals surface area contributed by atoms with E-state index < -0.39 is 55.5 Å². The molecule has 2 fully saturated rings. The van der Waals surface area contributed by atoms with Gasteiger partial charge >= 0.3 is 12.4 Å². The smallest absolute Gasteiger partial charge is 0.392 e.